The fraction of sp³-hybridized carbons (Fsp3) is 0.286. The minimum absolute atomic E-state index is 0.170. The van der Waals surface area contributed by atoms with Crippen molar-refractivity contribution in [3.63, 3.8) is 0 Å². The Hall–Kier alpha value is -1.82. The van der Waals surface area contributed by atoms with Gasteiger partial charge in [-0.05, 0) is 38.1 Å². The highest BCUT2D eigenvalue weighted by Crippen LogP contribution is 2.15. The first-order chi connectivity index (χ1) is 9.58. The van der Waals surface area contributed by atoms with E-state index in [2.05, 4.69) is 21.2 Å². The standard InChI is InChI=1S/C14H16BrNO4/c1-3-19-9-12(14(18)20-4-2)13(17)16-11-7-5-10(15)6-8-11/h5-9H,3-4H2,1-2H3,(H,16,17)/b12-9+. The van der Waals surface area contributed by atoms with Gasteiger partial charge in [-0.25, -0.2) is 4.79 Å². The van der Waals surface area contributed by atoms with Gasteiger partial charge in [0.2, 0.25) is 0 Å². The van der Waals surface area contributed by atoms with Crippen LogP contribution in [0, 0.1) is 0 Å². The highest BCUT2D eigenvalue weighted by molar-refractivity contribution is 9.10. The summed E-state index contributed by atoms with van der Waals surface area (Å²) in [6, 6.07) is 6.99. The van der Waals surface area contributed by atoms with Gasteiger partial charge in [-0.2, -0.15) is 0 Å². The Balaban J connectivity index is 2.82. The van der Waals surface area contributed by atoms with E-state index in [0.29, 0.717) is 12.3 Å². The first-order valence-corrected chi connectivity index (χ1v) is 6.93. The minimum Gasteiger partial charge on any atom is -0.500 e. The number of nitrogens with one attached hydrogen (secondary N) is 1. The fourth-order valence-corrected chi connectivity index (χ4v) is 1.57. The third-order valence-corrected chi connectivity index (χ3v) is 2.74. The monoisotopic (exact) mass is 341 g/mol. The van der Waals surface area contributed by atoms with Gasteiger partial charge in [-0.1, -0.05) is 15.9 Å². The van der Waals surface area contributed by atoms with Gasteiger partial charge >= 0.3 is 5.97 Å². The van der Waals surface area contributed by atoms with Crippen molar-refractivity contribution < 1.29 is 19.1 Å². The van der Waals surface area contributed by atoms with Crippen LogP contribution in [-0.2, 0) is 19.1 Å². The molecule has 5 nitrogen and oxygen atoms in total. The van der Waals surface area contributed by atoms with Crippen molar-refractivity contribution in [2.75, 3.05) is 18.5 Å². The number of hydrogen-bond donors (Lipinski definition) is 1. The van der Waals surface area contributed by atoms with Crippen LogP contribution in [0.3, 0.4) is 0 Å². The van der Waals surface area contributed by atoms with Crippen LogP contribution in [0.25, 0.3) is 0 Å². The lowest BCUT2D eigenvalue weighted by atomic mass is 10.2. The Kier molecular flexibility index (Phi) is 6.79. The van der Waals surface area contributed by atoms with Crippen molar-refractivity contribution in [2.45, 2.75) is 13.8 Å². The van der Waals surface area contributed by atoms with Gasteiger partial charge in [-0.3, -0.25) is 4.79 Å². The van der Waals surface area contributed by atoms with Crippen molar-refractivity contribution >= 4 is 33.5 Å². The molecule has 0 aliphatic heterocycles. The van der Waals surface area contributed by atoms with Crippen LogP contribution in [0.2, 0.25) is 0 Å². The normalized spacial score (nSPS) is 10.8. The molecule has 0 unspecified atom stereocenters. The molecule has 1 amide bonds. The van der Waals surface area contributed by atoms with Crippen LogP contribution < -0.4 is 5.32 Å². The van der Waals surface area contributed by atoms with E-state index in [-0.39, 0.29) is 12.2 Å². The van der Waals surface area contributed by atoms with E-state index in [1.165, 1.54) is 0 Å². The molecule has 0 heterocycles. The van der Waals surface area contributed by atoms with Crippen molar-refractivity contribution in [3.05, 3.63) is 40.6 Å². The lowest BCUT2D eigenvalue weighted by Gasteiger charge is -2.08. The number of amides is 1. The van der Waals surface area contributed by atoms with Crippen LogP contribution in [0.15, 0.2) is 40.6 Å². The Morgan fingerprint density at radius 2 is 1.85 bits per heavy atom. The zero-order valence-corrected chi connectivity index (χ0v) is 12.9. The summed E-state index contributed by atoms with van der Waals surface area (Å²) >= 11 is 3.30. The Morgan fingerprint density at radius 1 is 1.20 bits per heavy atom. The molecular formula is C14H16BrNO4. The van der Waals surface area contributed by atoms with Gasteiger partial charge < -0.3 is 14.8 Å². The Labute approximate surface area is 126 Å². The van der Waals surface area contributed by atoms with Gasteiger partial charge in [0, 0.05) is 10.2 Å². The molecule has 108 valence electrons. The van der Waals surface area contributed by atoms with Gasteiger partial charge in [0.05, 0.1) is 13.2 Å². The molecule has 0 aromatic heterocycles. The molecule has 0 spiro atoms. The topological polar surface area (TPSA) is 64.6 Å². The molecule has 20 heavy (non-hydrogen) atoms. The molecule has 0 saturated heterocycles. The molecule has 6 heteroatoms. The van der Waals surface area contributed by atoms with E-state index < -0.39 is 11.9 Å². The summed E-state index contributed by atoms with van der Waals surface area (Å²) in [5.74, 6) is -1.28. The third-order valence-electron chi connectivity index (χ3n) is 2.21. The summed E-state index contributed by atoms with van der Waals surface area (Å²) in [4.78, 5) is 23.7. The molecule has 0 aliphatic carbocycles. The number of carbonyl (C=O) groups excluding carboxylic acids is 2. The van der Waals surface area contributed by atoms with Crippen LogP contribution in [-0.4, -0.2) is 25.1 Å². The van der Waals surface area contributed by atoms with Crippen LogP contribution in [0.4, 0.5) is 5.69 Å². The smallest absolute Gasteiger partial charge is 0.346 e. The number of esters is 1. The molecule has 1 N–H and O–H groups in total. The zero-order valence-electron chi connectivity index (χ0n) is 11.3. The minimum atomic E-state index is -0.712. The van der Waals surface area contributed by atoms with Gasteiger partial charge in [0.1, 0.15) is 6.26 Å². The number of anilines is 1. The maximum Gasteiger partial charge on any atom is 0.346 e. The summed E-state index contributed by atoms with van der Waals surface area (Å²) in [6.07, 6.45) is 1.12. The average molecular weight is 342 g/mol. The van der Waals surface area contributed by atoms with Gasteiger partial charge in [0.15, 0.2) is 5.57 Å². The molecule has 1 aromatic rings. The van der Waals surface area contributed by atoms with E-state index in [4.69, 9.17) is 9.47 Å². The SMILES string of the molecule is CCO/C=C(\C(=O)Nc1ccc(Br)cc1)C(=O)OCC. The zero-order chi connectivity index (χ0) is 15.0. The fourth-order valence-electron chi connectivity index (χ4n) is 1.30. The molecule has 0 aliphatic rings. The number of ether oxygens (including phenoxy) is 2. The van der Waals surface area contributed by atoms with E-state index >= 15 is 0 Å². The Bertz CT molecular complexity index is 496. The second kappa shape index (κ2) is 8.37. The van der Waals surface area contributed by atoms with E-state index in [1.54, 1.807) is 38.1 Å². The van der Waals surface area contributed by atoms with Crippen LogP contribution in [0.1, 0.15) is 13.8 Å². The van der Waals surface area contributed by atoms with Crippen molar-refractivity contribution in [3.8, 4) is 0 Å². The summed E-state index contributed by atoms with van der Waals surface area (Å²) in [5, 5.41) is 2.61. The van der Waals surface area contributed by atoms with E-state index in [9.17, 15) is 9.59 Å². The first kappa shape index (κ1) is 16.2. The second-order valence-electron chi connectivity index (χ2n) is 3.67. The first-order valence-electron chi connectivity index (χ1n) is 6.14. The summed E-state index contributed by atoms with van der Waals surface area (Å²) < 4.78 is 10.7. The van der Waals surface area contributed by atoms with Crippen molar-refractivity contribution in [2.24, 2.45) is 0 Å². The maximum absolute atomic E-state index is 12.0. The molecule has 0 fully saturated rings. The largest absolute Gasteiger partial charge is 0.500 e. The summed E-state index contributed by atoms with van der Waals surface area (Å²) in [5.41, 5.74) is 0.404. The number of carbonyl (C=O) groups is 2. The van der Waals surface area contributed by atoms with E-state index in [1.807, 2.05) is 0 Å². The lowest BCUT2D eigenvalue weighted by Crippen LogP contribution is -2.22. The highest BCUT2D eigenvalue weighted by Gasteiger charge is 2.20. The average Bonchev–Trinajstić information content (AvgIpc) is 2.42. The molecule has 0 atom stereocenters. The molecule has 0 saturated carbocycles. The Morgan fingerprint density at radius 3 is 2.40 bits per heavy atom. The predicted molar refractivity (Wildman–Crippen MR) is 79.1 cm³/mol. The molecule has 0 radical (unpaired) electrons. The van der Waals surface area contributed by atoms with Gasteiger partial charge in [0.25, 0.3) is 5.91 Å². The summed E-state index contributed by atoms with van der Waals surface area (Å²) in [7, 11) is 0. The summed E-state index contributed by atoms with van der Waals surface area (Å²) in [6.45, 7) is 3.97. The lowest BCUT2D eigenvalue weighted by molar-refractivity contribution is -0.139. The number of benzene rings is 1. The van der Waals surface area contributed by atoms with Gasteiger partial charge in [-0.15, -0.1) is 0 Å². The number of hydrogen-bond acceptors (Lipinski definition) is 4. The third kappa shape index (κ3) is 5.05. The second-order valence-corrected chi connectivity index (χ2v) is 4.58. The maximum atomic E-state index is 12.0. The van der Waals surface area contributed by atoms with Crippen molar-refractivity contribution in [1.82, 2.24) is 0 Å². The molecular weight excluding hydrogens is 326 g/mol. The molecule has 1 aromatic carbocycles. The number of halogens is 1. The van der Waals surface area contributed by atoms with Crippen LogP contribution in [0.5, 0.6) is 0 Å². The van der Waals surface area contributed by atoms with E-state index in [0.717, 1.165) is 10.7 Å². The van der Waals surface area contributed by atoms with Crippen LogP contribution >= 0.6 is 15.9 Å². The molecule has 0 bridgehead atoms. The number of rotatable bonds is 6. The highest BCUT2D eigenvalue weighted by atomic mass is 79.9. The van der Waals surface area contributed by atoms with Crippen molar-refractivity contribution in [1.29, 1.82) is 0 Å². The predicted octanol–water partition coefficient (Wildman–Crippen LogP) is 2.87. The quantitative estimate of drug-likeness (QED) is 0.284. The molecule has 1 rings (SSSR count).